The third kappa shape index (κ3) is 3.61. The normalized spacial score (nSPS) is 29.2. The predicted octanol–water partition coefficient (Wildman–Crippen LogP) is 5.17. The maximum absolute atomic E-state index is 3.72. The summed E-state index contributed by atoms with van der Waals surface area (Å²) in [5.74, 6) is 2.50. The van der Waals surface area contributed by atoms with E-state index in [2.05, 4.69) is 66.3 Å². The fourth-order valence-electron chi connectivity index (χ4n) is 3.37. The summed E-state index contributed by atoms with van der Waals surface area (Å²) in [6.45, 7) is 8.06. The number of halogens is 1. The van der Waals surface area contributed by atoms with Crippen molar-refractivity contribution >= 4 is 15.9 Å². The lowest BCUT2D eigenvalue weighted by Gasteiger charge is -2.37. The molecule has 4 atom stereocenters. The summed E-state index contributed by atoms with van der Waals surface area (Å²) in [5.41, 5.74) is 1.43. The predicted molar refractivity (Wildman–Crippen MR) is 86.2 cm³/mol. The molecule has 0 radical (unpaired) electrons. The highest BCUT2D eigenvalue weighted by molar-refractivity contribution is 9.10. The van der Waals surface area contributed by atoms with E-state index in [0.29, 0.717) is 6.04 Å². The first-order valence-electron chi connectivity index (χ1n) is 7.61. The van der Waals surface area contributed by atoms with Crippen LogP contribution in [0, 0.1) is 17.8 Å². The van der Waals surface area contributed by atoms with Gasteiger partial charge in [0, 0.05) is 10.5 Å². The summed E-state index contributed by atoms with van der Waals surface area (Å²) < 4.78 is 1.24. The molecular weight excluding hydrogens is 298 g/mol. The van der Waals surface area contributed by atoms with Gasteiger partial charge in [0.05, 0.1) is 0 Å². The van der Waals surface area contributed by atoms with Gasteiger partial charge in [-0.05, 0) is 48.8 Å². The van der Waals surface area contributed by atoms with Gasteiger partial charge in [0.2, 0.25) is 0 Å². The Labute approximate surface area is 126 Å². The largest absolute Gasteiger partial charge is 0.310 e. The van der Waals surface area contributed by atoms with Crippen LogP contribution in [-0.4, -0.2) is 6.54 Å². The molecule has 2 rings (SSSR count). The zero-order valence-electron chi connectivity index (χ0n) is 12.3. The van der Waals surface area contributed by atoms with Crippen molar-refractivity contribution in [3.8, 4) is 0 Å². The van der Waals surface area contributed by atoms with Crippen LogP contribution in [0.3, 0.4) is 0 Å². The van der Waals surface area contributed by atoms with E-state index >= 15 is 0 Å². The highest BCUT2D eigenvalue weighted by atomic mass is 79.9. The highest BCUT2D eigenvalue weighted by Crippen LogP contribution is 2.41. The molecule has 0 saturated heterocycles. The van der Waals surface area contributed by atoms with Crippen molar-refractivity contribution in [3.05, 3.63) is 34.3 Å². The quantitative estimate of drug-likeness (QED) is 0.805. The van der Waals surface area contributed by atoms with Gasteiger partial charge >= 0.3 is 0 Å². The molecule has 1 aromatic carbocycles. The standard InChI is InChI=1S/C17H26BrN/c1-4-19-17(15-7-5-6-8-16(15)18)14-10-9-12(2)13(3)11-14/h5-8,12-14,17,19H,4,9-11H2,1-3H3. The van der Waals surface area contributed by atoms with E-state index in [1.54, 1.807) is 0 Å². The van der Waals surface area contributed by atoms with Crippen LogP contribution in [0.1, 0.15) is 51.6 Å². The monoisotopic (exact) mass is 323 g/mol. The molecule has 0 amide bonds. The second kappa shape index (κ2) is 6.90. The first-order valence-corrected chi connectivity index (χ1v) is 8.40. The lowest BCUT2D eigenvalue weighted by Crippen LogP contribution is -2.33. The summed E-state index contributed by atoms with van der Waals surface area (Å²) in [5, 5.41) is 3.71. The van der Waals surface area contributed by atoms with E-state index in [1.165, 1.54) is 29.3 Å². The Morgan fingerprint density at radius 1 is 1.21 bits per heavy atom. The first kappa shape index (κ1) is 15.1. The molecule has 1 nitrogen and oxygen atoms in total. The fraction of sp³-hybridized carbons (Fsp3) is 0.647. The molecule has 1 N–H and O–H groups in total. The molecule has 1 saturated carbocycles. The van der Waals surface area contributed by atoms with Gasteiger partial charge in [0.15, 0.2) is 0 Å². The van der Waals surface area contributed by atoms with Gasteiger partial charge in [0.1, 0.15) is 0 Å². The smallest absolute Gasteiger partial charge is 0.0359 e. The Morgan fingerprint density at radius 3 is 2.58 bits per heavy atom. The Balaban J connectivity index is 2.19. The lowest BCUT2D eigenvalue weighted by molar-refractivity contribution is 0.171. The lowest BCUT2D eigenvalue weighted by atomic mass is 9.72. The molecule has 4 unspecified atom stereocenters. The number of benzene rings is 1. The van der Waals surface area contributed by atoms with Gasteiger partial charge in [-0.15, -0.1) is 0 Å². The Hall–Kier alpha value is -0.340. The van der Waals surface area contributed by atoms with Crippen LogP contribution < -0.4 is 5.32 Å². The SMILES string of the molecule is CCNC(c1ccccc1Br)C1CCC(C)C(C)C1. The Bertz CT molecular complexity index is 404. The minimum absolute atomic E-state index is 0.496. The van der Waals surface area contributed by atoms with Crippen molar-refractivity contribution in [1.29, 1.82) is 0 Å². The van der Waals surface area contributed by atoms with E-state index < -0.39 is 0 Å². The second-order valence-electron chi connectivity index (χ2n) is 6.08. The maximum atomic E-state index is 3.72. The highest BCUT2D eigenvalue weighted by Gasteiger charge is 2.31. The molecule has 1 aliphatic carbocycles. The van der Waals surface area contributed by atoms with E-state index in [1.807, 2.05) is 0 Å². The number of rotatable bonds is 4. The molecule has 0 aromatic heterocycles. The molecule has 106 valence electrons. The number of nitrogens with one attached hydrogen (secondary N) is 1. The van der Waals surface area contributed by atoms with Crippen molar-refractivity contribution in [2.75, 3.05) is 6.54 Å². The minimum Gasteiger partial charge on any atom is -0.310 e. The van der Waals surface area contributed by atoms with Gasteiger partial charge in [-0.2, -0.15) is 0 Å². The summed E-state index contributed by atoms with van der Waals surface area (Å²) in [6.07, 6.45) is 4.07. The molecule has 19 heavy (non-hydrogen) atoms. The van der Waals surface area contributed by atoms with Gasteiger partial charge in [-0.25, -0.2) is 0 Å². The third-order valence-electron chi connectivity index (χ3n) is 4.77. The zero-order chi connectivity index (χ0) is 13.8. The molecule has 1 fully saturated rings. The number of hydrogen-bond acceptors (Lipinski definition) is 1. The van der Waals surface area contributed by atoms with Gasteiger partial charge in [-0.3, -0.25) is 0 Å². The Morgan fingerprint density at radius 2 is 1.95 bits per heavy atom. The van der Waals surface area contributed by atoms with Gasteiger partial charge in [-0.1, -0.05) is 61.3 Å². The molecule has 0 spiro atoms. The second-order valence-corrected chi connectivity index (χ2v) is 6.94. The molecule has 2 heteroatoms. The van der Waals surface area contributed by atoms with Crippen LogP contribution >= 0.6 is 15.9 Å². The molecule has 1 aromatic rings. The van der Waals surface area contributed by atoms with Crippen molar-refractivity contribution in [2.24, 2.45) is 17.8 Å². The topological polar surface area (TPSA) is 12.0 Å². The Kier molecular flexibility index (Phi) is 5.47. The van der Waals surface area contributed by atoms with Crippen LogP contribution in [-0.2, 0) is 0 Å². The van der Waals surface area contributed by atoms with E-state index in [9.17, 15) is 0 Å². The molecule has 0 bridgehead atoms. The molecular formula is C17H26BrN. The molecule has 1 aliphatic rings. The van der Waals surface area contributed by atoms with Crippen molar-refractivity contribution < 1.29 is 0 Å². The summed E-state index contributed by atoms with van der Waals surface area (Å²) in [4.78, 5) is 0. The molecule has 0 aliphatic heterocycles. The fourth-order valence-corrected chi connectivity index (χ4v) is 3.90. The van der Waals surface area contributed by atoms with E-state index in [4.69, 9.17) is 0 Å². The van der Waals surface area contributed by atoms with Crippen molar-refractivity contribution in [3.63, 3.8) is 0 Å². The average molecular weight is 324 g/mol. The van der Waals surface area contributed by atoms with Crippen LogP contribution in [0.15, 0.2) is 28.7 Å². The third-order valence-corrected chi connectivity index (χ3v) is 5.50. The summed E-state index contributed by atoms with van der Waals surface area (Å²) >= 11 is 3.72. The molecule has 0 heterocycles. The van der Waals surface area contributed by atoms with Gasteiger partial charge < -0.3 is 5.32 Å². The van der Waals surface area contributed by atoms with Gasteiger partial charge in [0.25, 0.3) is 0 Å². The minimum atomic E-state index is 0.496. The maximum Gasteiger partial charge on any atom is 0.0359 e. The summed E-state index contributed by atoms with van der Waals surface area (Å²) in [7, 11) is 0. The van der Waals surface area contributed by atoms with Crippen molar-refractivity contribution in [1.82, 2.24) is 5.32 Å². The van der Waals surface area contributed by atoms with Crippen LogP contribution in [0.2, 0.25) is 0 Å². The van der Waals surface area contributed by atoms with Crippen LogP contribution in [0.25, 0.3) is 0 Å². The first-order chi connectivity index (χ1) is 9.13. The van der Waals surface area contributed by atoms with E-state index in [0.717, 1.165) is 24.3 Å². The van der Waals surface area contributed by atoms with Crippen LogP contribution in [0.5, 0.6) is 0 Å². The zero-order valence-corrected chi connectivity index (χ0v) is 13.9. The number of hydrogen-bond donors (Lipinski definition) is 1. The van der Waals surface area contributed by atoms with Crippen LogP contribution in [0.4, 0.5) is 0 Å². The average Bonchev–Trinajstić information content (AvgIpc) is 2.40. The van der Waals surface area contributed by atoms with E-state index in [-0.39, 0.29) is 0 Å². The summed E-state index contributed by atoms with van der Waals surface area (Å²) in [6, 6.07) is 9.17. The van der Waals surface area contributed by atoms with Crippen molar-refractivity contribution in [2.45, 2.75) is 46.1 Å².